The first kappa shape index (κ1) is 9.52. The van der Waals surface area contributed by atoms with Crippen molar-refractivity contribution in [2.75, 3.05) is 6.61 Å². The van der Waals surface area contributed by atoms with Crippen molar-refractivity contribution in [3.8, 4) is 0 Å². The van der Waals surface area contributed by atoms with Gasteiger partial charge in [0, 0.05) is 18.1 Å². The lowest BCUT2D eigenvalue weighted by Crippen LogP contribution is -2.60. The predicted molar refractivity (Wildman–Crippen MR) is 46.8 cm³/mol. The molecule has 0 bridgehead atoms. The van der Waals surface area contributed by atoms with E-state index in [2.05, 4.69) is 19.2 Å². The van der Waals surface area contributed by atoms with Crippen LogP contribution in [0.25, 0.3) is 0 Å². The molecule has 2 unspecified atom stereocenters. The summed E-state index contributed by atoms with van der Waals surface area (Å²) in [4.78, 5) is 10.2. The number of ether oxygens (including phenoxy) is 1. The first-order valence-electron chi connectivity index (χ1n) is 4.44. The summed E-state index contributed by atoms with van der Waals surface area (Å²) < 4.78 is 5.51. The van der Waals surface area contributed by atoms with Gasteiger partial charge in [0.1, 0.15) is 0 Å². The molecule has 1 fully saturated rings. The Bertz CT molecular complexity index is 168. The Labute approximate surface area is 73.5 Å². The molecule has 70 valence electrons. The second-order valence-corrected chi connectivity index (χ2v) is 3.84. The maximum Gasteiger partial charge on any atom is 0.207 e. The lowest BCUT2D eigenvalue weighted by molar-refractivity contribution is -0.128. The minimum absolute atomic E-state index is 0.0942. The molecule has 1 aliphatic rings. The van der Waals surface area contributed by atoms with Crippen LogP contribution in [0.1, 0.15) is 27.2 Å². The van der Waals surface area contributed by atoms with E-state index in [1.54, 1.807) is 0 Å². The second kappa shape index (κ2) is 3.44. The minimum atomic E-state index is 0.0942. The Kier molecular flexibility index (Phi) is 2.73. The van der Waals surface area contributed by atoms with Gasteiger partial charge in [-0.1, -0.05) is 13.8 Å². The lowest BCUT2D eigenvalue weighted by Gasteiger charge is -2.51. The number of rotatable bonds is 4. The van der Waals surface area contributed by atoms with Crippen molar-refractivity contribution in [1.29, 1.82) is 0 Å². The van der Waals surface area contributed by atoms with Gasteiger partial charge in [-0.05, 0) is 13.3 Å². The molecule has 1 N–H and O–H groups in total. The van der Waals surface area contributed by atoms with Crippen LogP contribution in [0.5, 0.6) is 0 Å². The zero-order chi connectivity index (χ0) is 9.19. The van der Waals surface area contributed by atoms with Crippen LogP contribution in [-0.2, 0) is 9.53 Å². The van der Waals surface area contributed by atoms with E-state index in [1.165, 1.54) is 0 Å². The fourth-order valence-corrected chi connectivity index (χ4v) is 1.73. The molecule has 3 nitrogen and oxygen atoms in total. The van der Waals surface area contributed by atoms with Crippen molar-refractivity contribution in [2.45, 2.75) is 39.3 Å². The normalized spacial score (nSPS) is 32.2. The van der Waals surface area contributed by atoms with Gasteiger partial charge in [-0.3, -0.25) is 4.79 Å². The number of amides is 1. The lowest BCUT2D eigenvalue weighted by atomic mass is 9.64. The average Bonchev–Trinajstić information content (AvgIpc) is 2.03. The predicted octanol–water partition coefficient (Wildman–Crippen LogP) is 0.936. The number of hydrogen-bond acceptors (Lipinski definition) is 2. The van der Waals surface area contributed by atoms with Crippen molar-refractivity contribution in [2.24, 2.45) is 5.41 Å². The molecule has 1 aliphatic carbocycles. The van der Waals surface area contributed by atoms with Gasteiger partial charge in [0.15, 0.2) is 0 Å². The molecule has 0 aromatic heterocycles. The van der Waals surface area contributed by atoms with E-state index in [0.717, 1.165) is 19.4 Å². The van der Waals surface area contributed by atoms with Crippen LogP contribution in [0, 0.1) is 5.41 Å². The van der Waals surface area contributed by atoms with E-state index in [4.69, 9.17) is 4.74 Å². The van der Waals surface area contributed by atoms with Crippen LogP contribution < -0.4 is 5.32 Å². The molecule has 0 aromatic carbocycles. The molecule has 0 heterocycles. The van der Waals surface area contributed by atoms with E-state index in [9.17, 15) is 4.79 Å². The Morgan fingerprint density at radius 1 is 1.67 bits per heavy atom. The summed E-state index contributed by atoms with van der Waals surface area (Å²) in [7, 11) is 0. The van der Waals surface area contributed by atoms with E-state index in [-0.39, 0.29) is 11.5 Å². The van der Waals surface area contributed by atoms with Crippen LogP contribution in [-0.4, -0.2) is 25.2 Å². The third-order valence-electron chi connectivity index (χ3n) is 2.81. The maximum absolute atomic E-state index is 10.2. The largest absolute Gasteiger partial charge is 0.378 e. The van der Waals surface area contributed by atoms with Crippen LogP contribution in [0.4, 0.5) is 0 Å². The SMILES string of the molecule is CCOC1CC(NC=O)C1(C)C. The van der Waals surface area contributed by atoms with Crippen molar-refractivity contribution in [3.05, 3.63) is 0 Å². The van der Waals surface area contributed by atoms with Crippen molar-refractivity contribution in [3.63, 3.8) is 0 Å². The van der Waals surface area contributed by atoms with Gasteiger partial charge in [0.25, 0.3) is 0 Å². The number of hydrogen-bond donors (Lipinski definition) is 1. The fraction of sp³-hybridized carbons (Fsp3) is 0.889. The number of carbonyl (C=O) groups is 1. The van der Waals surface area contributed by atoms with Gasteiger partial charge < -0.3 is 10.1 Å². The molecule has 2 atom stereocenters. The smallest absolute Gasteiger partial charge is 0.207 e. The summed E-state index contributed by atoms with van der Waals surface area (Å²) in [6, 6.07) is 0.284. The van der Waals surface area contributed by atoms with Crippen LogP contribution >= 0.6 is 0 Å². The van der Waals surface area contributed by atoms with Crippen LogP contribution in [0.2, 0.25) is 0 Å². The first-order chi connectivity index (χ1) is 5.62. The highest BCUT2D eigenvalue weighted by molar-refractivity contribution is 5.47. The van der Waals surface area contributed by atoms with E-state index < -0.39 is 0 Å². The van der Waals surface area contributed by atoms with Gasteiger partial charge in [-0.25, -0.2) is 0 Å². The van der Waals surface area contributed by atoms with Crippen molar-refractivity contribution >= 4 is 6.41 Å². The molecule has 3 heteroatoms. The Balaban J connectivity index is 2.41. The Morgan fingerprint density at radius 3 is 2.75 bits per heavy atom. The van der Waals surface area contributed by atoms with E-state index in [0.29, 0.717) is 6.10 Å². The zero-order valence-electron chi connectivity index (χ0n) is 7.96. The molecule has 0 aromatic rings. The quantitative estimate of drug-likeness (QED) is 0.639. The third-order valence-corrected chi connectivity index (χ3v) is 2.81. The highest BCUT2D eigenvalue weighted by atomic mass is 16.5. The average molecular weight is 171 g/mol. The monoisotopic (exact) mass is 171 g/mol. The van der Waals surface area contributed by atoms with Crippen molar-refractivity contribution in [1.82, 2.24) is 5.32 Å². The maximum atomic E-state index is 10.2. The van der Waals surface area contributed by atoms with Gasteiger partial charge >= 0.3 is 0 Å². The second-order valence-electron chi connectivity index (χ2n) is 3.84. The summed E-state index contributed by atoms with van der Waals surface area (Å²) in [6.45, 7) is 6.99. The molecular weight excluding hydrogens is 154 g/mol. The minimum Gasteiger partial charge on any atom is -0.378 e. The molecule has 12 heavy (non-hydrogen) atoms. The molecule has 0 radical (unpaired) electrons. The van der Waals surface area contributed by atoms with Gasteiger partial charge in [-0.15, -0.1) is 0 Å². The van der Waals surface area contributed by atoms with Gasteiger partial charge in [0.05, 0.1) is 6.10 Å². The highest BCUT2D eigenvalue weighted by Crippen LogP contribution is 2.42. The molecule has 0 saturated heterocycles. The summed E-state index contributed by atoms with van der Waals surface area (Å²) in [5.74, 6) is 0. The van der Waals surface area contributed by atoms with Crippen LogP contribution in [0.3, 0.4) is 0 Å². The molecule has 0 spiro atoms. The van der Waals surface area contributed by atoms with Gasteiger partial charge in [0.2, 0.25) is 6.41 Å². The Hall–Kier alpha value is -0.570. The molecule has 1 amide bonds. The van der Waals surface area contributed by atoms with Crippen molar-refractivity contribution < 1.29 is 9.53 Å². The van der Waals surface area contributed by atoms with E-state index >= 15 is 0 Å². The first-order valence-corrected chi connectivity index (χ1v) is 4.44. The summed E-state index contributed by atoms with van der Waals surface area (Å²) in [6.07, 6.45) is 2.02. The number of nitrogens with one attached hydrogen (secondary N) is 1. The zero-order valence-corrected chi connectivity index (χ0v) is 7.96. The van der Waals surface area contributed by atoms with Gasteiger partial charge in [-0.2, -0.15) is 0 Å². The highest BCUT2D eigenvalue weighted by Gasteiger charge is 2.48. The molecule has 1 rings (SSSR count). The summed E-state index contributed by atoms with van der Waals surface area (Å²) in [5.41, 5.74) is 0.0942. The molecule has 1 saturated carbocycles. The summed E-state index contributed by atoms with van der Waals surface area (Å²) >= 11 is 0. The molecular formula is C9H17NO2. The standard InChI is InChI=1S/C9H17NO2/c1-4-12-8-5-7(10-6-11)9(8,2)3/h6-8H,4-5H2,1-3H3,(H,10,11). The molecule has 0 aliphatic heterocycles. The van der Waals surface area contributed by atoms with E-state index in [1.807, 2.05) is 6.92 Å². The third kappa shape index (κ3) is 1.46. The summed E-state index contributed by atoms with van der Waals surface area (Å²) in [5, 5.41) is 2.80. The topological polar surface area (TPSA) is 38.3 Å². The fourth-order valence-electron chi connectivity index (χ4n) is 1.73. The number of carbonyl (C=O) groups excluding carboxylic acids is 1. The Morgan fingerprint density at radius 2 is 2.33 bits per heavy atom. The van der Waals surface area contributed by atoms with Crippen LogP contribution in [0.15, 0.2) is 0 Å².